The summed E-state index contributed by atoms with van der Waals surface area (Å²) in [6, 6.07) is 17.3. The van der Waals surface area contributed by atoms with Crippen LogP contribution in [-0.4, -0.2) is 11.7 Å². The Morgan fingerprint density at radius 3 is 2.42 bits per heavy atom. The Labute approximate surface area is 144 Å². The number of para-hydroxylation sites is 1. The predicted octanol–water partition coefficient (Wildman–Crippen LogP) is 5.05. The second-order valence-electron chi connectivity index (χ2n) is 5.20. The van der Waals surface area contributed by atoms with E-state index >= 15 is 0 Å². The van der Waals surface area contributed by atoms with Crippen molar-refractivity contribution in [2.45, 2.75) is 6.92 Å². The molecule has 0 aliphatic heterocycles. The van der Waals surface area contributed by atoms with E-state index in [9.17, 15) is 9.59 Å². The minimum Gasteiger partial charge on any atom is -0.451 e. The summed E-state index contributed by atoms with van der Waals surface area (Å²) in [4.78, 5) is 24.0. The number of rotatable bonds is 4. The molecule has 3 rings (SSSR count). The Kier molecular flexibility index (Phi) is 4.49. The summed E-state index contributed by atoms with van der Waals surface area (Å²) in [6.07, 6.45) is 0. The maximum Gasteiger partial charge on any atom is 0.291 e. The largest absolute Gasteiger partial charge is 0.451 e. The number of anilines is 1. The first-order valence-electron chi connectivity index (χ1n) is 7.32. The standard InChI is InChI=1S/C19H14ClNO3/c1-12(22)13-6-3-5-9-16(13)21-19(23)18-11-10-17(24-18)14-7-2-4-8-15(14)20/h2-11H,1H3,(H,21,23). The van der Waals surface area contributed by atoms with Gasteiger partial charge in [0.2, 0.25) is 0 Å². The van der Waals surface area contributed by atoms with E-state index in [-0.39, 0.29) is 11.5 Å². The second-order valence-corrected chi connectivity index (χ2v) is 5.61. The third kappa shape index (κ3) is 3.24. The quantitative estimate of drug-likeness (QED) is 0.676. The van der Waals surface area contributed by atoms with Gasteiger partial charge in [-0.3, -0.25) is 9.59 Å². The Bertz CT molecular complexity index is 914. The fourth-order valence-corrected chi connectivity index (χ4v) is 2.58. The van der Waals surface area contributed by atoms with E-state index in [1.807, 2.05) is 18.2 Å². The van der Waals surface area contributed by atoms with Gasteiger partial charge in [-0.25, -0.2) is 0 Å². The van der Waals surface area contributed by atoms with Gasteiger partial charge in [0, 0.05) is 11.1 Å². The van der Waals surface area contributed by atoms with Gasteiger partial charge in [-0.2, -0.15) is 0 Å². The number of ketones is 1. The second kappa shape index (κ2) is 6.72. The number of carbonyl (C=O) groups excluding carboxylic acids is 2. The molecule has 0 bridgehead atoms. The van der Waals surface area contributed by atoms with Crippen molar-refractivity contribution < 1.29 is 14.0 Å². The molecule has 5 heteroatoms. The van der Waals surface area contributed by atoms with Crippen LogP contribution in [0.4, 0.5) is 5.69 Å². The molecule has 3 aromatic rings. The summed E-state index contributed by atoms with van der Waals surface area (Å²) in [6.45, 7) is 1.45. The van der Waals surface area contributed by atoms with Crippen LogP contribution in [0.1, 0.15) is 27.8 Å². The van der Waals surface area contributed by atoms with Crippen molar-refractivity contribution in [3.63, 3.8) is 0 Å². The molecule has 1 heterocycles. The lowest BCUT2D eigenvalue weighted by molar-refractivity contribution is 0.0997. The van der Waals surface area contributed by atoms with E-state index in [4.69, 9.17) is 16.0 Å². The normalized spacial score (nSPS) is 10.4. The van der Waals surface area contributed by atoms with E-state index in [0.29, 0.717) is 27.6 Å². The molecule has 0 saturated carbocycles. The van der Waals surface area contributed by atoms with Gasteiger partial charge in [0.25, 0.3) is 5.91 Å². The van der Waals surface area contributed by atoms with E-state index < -0.39 is 5.91 Å². The maximum atomic E-state index is 12.4. The fourth-order valence-electron chi connectivity index (χ4n) is 2.35. The highest BCUT2D eigenvalue weighted by Crippen LogP contribution is 2.29. The van der Waals surface area contributed by atoms with Crippen LogP contribution in [0.15, 0.2) is 65.1 Å². The molecule has 0 aliphatic carbocycles. The highest BCUT2D eigenvalue weighted by atomic mass is 35.5. The third-order valence-corrected chi connectivity index (χ3v) is 3.85. The predicted molar refractivity (Wildman–Crippen MR) is 93.6 cm³/mol. The molecular weight excluding hydrogens is 326 g/mol. The maximum absolute atomic E-state index is 12.4. The summed E-state index contributed by atoms with van der Waals surface area (Å²) < 4.78 is 5.60. The summed E-state index contributed by atoms with van der Waals surface area (Å²) >= 11 is 6.13. The average molecular weight is 340 g/mol. The van der Waals surface area contributed by atoms with Crippen molar-refractivity contribution in [2.75, 3.05) is 5.32 Å². The number of hydrogen-bond donors (Lipinski definition) is 1. The van der Waals surface area contributed by atoms with Crippen LogP contribution in [0.25, 0.3) is 11.3 Å². The number of Topliss-reactive ketones (excluding diaryl/α,β-unsaturated/α-hetero) is 1. The van der Waals surface area contributed by atoms with Crippen molar-refractivity contribution in [3.05, 3.63) is 77.0 Å². The van der Waals surface area contributed by atoms with Gasteiger partial charge in [-0.15, -0.1) is 0 Å². The van der Waals surface area contributed by atoms with E-state index in [0.717, 1.165) is 0 Å². The number of benzene rings is 2. The average Bonchev–Trinajstić information content (AvgIpc) is 3.05. The van der Waals surface area contributed by atoms with Gasteiger partial charge >= 0.3 is 0 Å². The third-order valence-electron chi connectivity index (χ3n) is 3.52. The van der Waals surface area contributed by atoms with Crippen molar-refractivity contribution in [2.24, 2.45) is 0 Å². The molecule has 4 nitrogen and oxygen atoms in total. The lowest BCUT2D eigenvalue weighted by Gasteiger charge is -2.07. The molecule has 0 unspecified atom stereocenters. The molecule has 0 fully saturated rings. The number of amides is 1. The van der Waals surface area contributed by atoms with Crippen molar-refractivity contribution in [1.82, 2.24) is 0 Å². The van der Waals surface area contributed by atoms with Gasteiger partial charge < -0.3 is 9.73 Å². The van der Waals surface area contributed by atoms with Gasteiger partial charge in [0.05, 0.1) is 10.7 Å². The number of carbonyl (C=O) groups is 2. The van der Waals surface area contributed by atoms with Gasteiger partial charge in [-0.05, 0) is 43.3 Å². The lowest BCUT2D eigenvalue weighted by Crippen LogP contribution is -2.13. The molecule has 0 atom stereocenters. The Hall–Kier alpha value is -2.85. The van der Waals surface area contributed by atoms with E-state index in [2.05, 4.69) is 5.32 Å². The summed E-state index contributed by atoms with van der Waals surface area (Å²) in [5.41, 5.74) is 1.61. The molecule has 0 spiro atoms. The first kappa shape index (κ1) is 16.0. The number of nitrogens with one attached hydrogen (secondary N) is 1. The summed E-state index contributed by atoms with van der Waals surface area (Å²) in [5, 5.41) is 3.24. The zero-order valence-electron chi connectivity index (χ0n) is 12.9. The smallest absolute Gasteiger partial charge is 0.291 e. The topological polar surface area (TPSA) is 59.3 Å². The van der Waals surface area contributed by atoms with Crippen LogP contribution in [0.2, 0.25) is 5.02 Å². The molecule has 1 amide bonds. The molecule has 2 aromatic carbocycles. The zero-order chi connectivity index (χ0) is 17.1. The van der Waals surface area contributed by atoms with Crippen molar-refractivity contribution >= 4 is 29.0 Å². The number of hydrogen-bond acceptors (Lipinski definition) is 3. The molecule has 0 radical (unpaired) electrons. The van der Waals surface area contributed by atoms with Crippen LogP contribution in [-0.2, 0) is 0 Å². The van der Waals surface area contributed by atoms with Crippen LogP contribution in [0, 0.1) is 0 Å². The van der Waals surface area contributed by atoms with Gasteiger partial charge in [0.15, 0.2) is 11.5 Å². The minimum atomic E-state index is -0.429. The molecule has 1 N–H and O–H groups in total. The molecule has 24 heavy (non-hydrogen) atoms. The van der Waals surface area contributed by atoms with Crippen LogP contribution < -0.4 is 5.32 Å². The first-order valence-corrected chi connectivity index (χ1v) is 7.70. The summed E-state index contributed by atoms with van der Waals surface area (Å²) in [7, 11) is 0. The number of furan rings is 1. The van der Waals surface area contributed by atoms with Crippen molar-refractivity contribution in [3.8, 4) is 11.3 Å². The zero-order valence-corrected chi connectivity index (χ0v) is 13.6. The molecular formula is C19H14ClNO3. The van der Waals surface area contributed by atoms with E-state index in [1.54, 1.807) is 42.5 Å². The van der Waals surface area contributed by atoms with Gasteiger partial charge in [-0.1, -0.05) is 35.9 Å². The van der Waals surface area contributed by atoms with Crippen molar-refractivity contribution in [1.29, 1.82) is 0 Å². The van der Waals surface area contributed by atoms with Crippen LogP contribution >= 0.6 is 11.6 Å². The highest BCUT2D eigenvalue weighted by molar-refractivity contribution is 6.33. The number of halogens is 1. The van der Waals surface area contributed by atoms with Crippen LogP contribution in [0.5, 0.6) is 0 Å². The van der Waals surface area contributed by atoms with E-state index in [1.165, 1.54) is 6.92 Å². The molecule has 120 valence electrons. The Balaban J connectivity index is 1.85. The highest BCUT2D eigenvalue weighted by Gasteiger charge is 2.16. The monoisotopic (exact) mass is 339 g/mol. The van der Waals surface area contributed by atoms with Gasteiger partial charge in [0.1, 0.15) is 5.76 Å². The lowest BCUT2D eigenvalue weighted by atomic mass is 10.1. The molecule has 1 aromatic heterocycles. The minimum absolute atomic E-state index is 0.123. The Morgan fingerprint density at radius 1 is 0.958 bits per heavy atom. The summed E-state index contributed by atoms with van der Waals surface area (Å²) in [5.74, 6) is 0.0954. The molecule has 0 aliphatic rings. The fraction of sp³-hybridized carbons (Fsp3) is 0.0526. The Morgan fingerprint density at radius 2 is 1.67 bits per heavy atom. The molecule has 0 saturated heterocycles. The first-order chi connectivity index (χ1) is 11.6. The SMILES string of the molecule is CC(=O)c1ccccc1NC(=O)c1ccc(-c2ccccc2Cl)o1. The van der Waals surface area contributed by atoms with Crippen LogP contribution in [0.3, 0.4) is 0 Å².